The second-order valence-corrected chi connectivity index (χ2v) is 15.4. The third-order valence-electron chi connectivity index (χ3n) is 10.7. The Labute approximate surface area is 304 Å². The summed E-state index contributed by atoms with van der Waals surface area (Å²) in [4.78, 5) is 27.2. The summed E-state index contributed by atoms with van der Waals surface area (Å²) in [7, 11) is 0. The first-order valence-corrected chi connectivity index (χ1v) is 21.7. The number of esters is 2. The maximum atomic E-state index is 12.7. The molecule has 1 aliphatic rings. The average Bonchev–Trinajstić information content (AvgIpc) is 3.85. The fraction of sp³-hybridized carbons (Fsp3) is 0.953. The van der Waals surface area contributed by atoms with Crippen LogP contribution in [-0.2, 0) is 19.1 Å². The van der Waals surface area contributed by atoms with E-state index in [-0.39, 0.29) is 24.6 Å². The van der Waals surface area contributed by atoms with Crippen molar-refractivity contribution in [1.82, 2.24) is 4.90 Å². The number of carbonyl (C=O) groups excluding carboxylic acids is 2. The predicted molar refractivity (Wildman–Crippen MR) is 207 cm³/mol. The van der Waals surface area contributed by atoms with Crippen LogP contribution in [0.25, 0.3) is 0 Å². The van der Waals surface area contributed by atoms with E-state index in [2.05, 4.69) is 25.7 Å². The van der Waals surface area contributed by atoms with Crippen LogP contribution in [0.4, 0.5) is 0 Å². The summed E-state index contributed by atoms with van der Waals surface area (Å²) >= 11 is 0. The molecule has 0 bridgehead atoms. The molecule has 6 heteroatoms. The molecule has 290 valence electrons. The summed E-state index contributed by atoms with van der Waals surface area (Å²) in [6.45, 7) is 9.91. The van der Waals surface area contributed by atoms with E-state index < -0.39 is 0 Å². The van der Waals surface area contributed by atoms with Gasteiger partial charge in [-0.25, -0.2) is 0 Å². The van der Waals surface area contributed by atoms with Gasteiger partial charge in [0.2, 0.25) is 0 Å². The van der Waals surface area contributed by atoms with Gasteiger partial charge < -0.3 is 19.5 Å². The highest BCUT2D eigenvalue weighted by atomic mass is 16.5. The standard InChI is InChI=1S/C43H83NO5/c1-4-7-10-13-16-21-29-41(30-22-17-14-11-8-5-2)49-43(47)31-23-18-15-19-24-33-44(35-36-45)34-25-32-42(46)48-37-26-28-40-38-39(40)27-20-12-9-6-3/h39-41,45H,4-38H2,1-3H3. The Hall–Kier alpha value is -1.14. The van der Waals surface area contributed by atoms with Crippen molar-refractivity contribution in [2.24, 2.45) is 11.8 Å². The fourth-order valence-corrected chi connectivity index (χ4v) is 7.33. The molecule has 49 heavy (non-hydrogen) atoms. The quantitative estimate of drug-likeness (QED) is 0.0512. The summed E-state index contributed by atoms with van der Waals surface area (Å²) in [5.74, 6) is 1.73. The SMILES string of the molecule is CCCCCCCCC(CCCCCCCC)OC(=O)CCCCCCCN(CCO)CCCC(=O)OCCCC1CC1CCCCCC. The number of hydrogen-bond acceptors (Lipinski definition) is 6. The summed E-state index contributed by atoms with van der Waals surface area (Å²) in [6, 6.07) is 0. The molecule has 1 N–H and O–H groups in total. The number of carbonyl (C=O) groups is 2. The number of aliphatic hydroxyl groups excluding tert-OH is 1. The molecule has 0 amide bonds. The van der Waals surface area contributed by atoms with Crippen molar-refractivity contribution in [2.45, 2.75) is 219 Å². The van der Waals surface area contributed by atoms with Gasteiger partial charge in [-0.2, -0.15) is 0 Å². The van der Waals surface area contributed by atoms with Gasteiger partial charge in [0.25, 0.3) is 0 Å². The topological polar surface area (TPSA) is 76.1 Å². The Bertz CT molecular complexity index is 730. The number of rotatable bonds is 38. The van der Waals surface area contributed by atoms with Gasteiger partial charge >= 0.3 is 11.9 Å². The van der Waals surface area contributed by atoms with E-state index >= 15 is 0 Å². The Balaban J connectivity index is 2.11. The molecule has 0 saturated heterocycles. The van der Waals surface area contributed by atoms with Crippen LogP contribution in [0.15, 0.2) is 0 Å². The average molecular weight is 694 g/mol. The zero-order valence-electron chi connectivity index (χ0n) is 33.0. The number of aliphatic hydroxyl groups is 1. The Morgan fingerprint density at radius 1 is 0.571 bits per heavy atom. The van der Waals surface area contributed by atoms with Crippen molar-refractivity contribution in [3.63, 3.8) is 0 Å². The van der Waals surface area contributed by atoms with Gasteiger partial charge in [0.1, 0.15) is 6.10 Å². The van der Waals surface area contributed by atoms with Crippen LogP contribution < -0.4 is 0 Å². The predicted octanol–water partition coefficient (Wildman–Crippen LogP) is 11.7. The van der Waals surface area contributed by atoms with E-state index in [1.54, 1.807) is 0 Å². The summed E-state index contributed by atoms with van der Waals surface area (Å²) in [5, 5.41) is 9.52. The molecule has 0 aliphatic heterocycles. The Kier molecular flexibility index (Phi) is 31.8. The van der Waals surface area contributed by atoms with E-state index in [0.29, 0.717) is 26.0 Å². The molecule has 0 aromatic rings. The molecule has 2 atom stereocenters. The van der Waals surface area contributed by atoms with Crippen LogP contribution in [0, 0.1) is 11.8 Å². The molecule has 1 aliphatic carbocycles. The van der Waals surface area contributed by atoms with Gasteiger partial charge in [-0.1, -0.05) is 136 Å². The first-order valence-electron chi connectivity index (χ1n) is 21.7. The molecule has 1 saturated carbocycles. The fourth-order valence-electron chi connectivity index (χ4n) is 7.33. The van der Waals surface area contributed by atoms with Crippen molar-refractivity contribution >= 4 is 11.9 Å². The van der Waals surface area contributed by atoms with Gasteiger partial charge in [-0.15, -0.1) is 0 Å². The molecule has 0 spiro atoms. The van der Waals surface area contributed by atoms with Crippen molar-refractivity contribution in [3.8, 4) is 0 Å². The molecule has 0 aromatic carbocycles. The van der Waals surface area contributed by atoms with Gasteiger partial charge in [0.05, 0.1) is 13.2 Å². The molecule has 1 rings (SSSR count). The van der Waals surface area contributed by atoms with Crippen LogP contribution in [0.2, 0.25) is 0 Å². The minimum absolute atomic E-state index is 0.000618. The van der Waals surface area contributed by atoms with Crippen LogP contribution in [0.5, 0.6) is 0 Å². The second-order valence-electron chi connectivity index (χ2n) is 15.4. The first kappa shape index (κ1) is 45.9. The number of hydrogen-bond donors (Lipinski definition) is 1. The number of nitrogens with zero attached hydrogens (tertiary/aromatic N) is 1. The third-order valence-corrected chi connectivity index (χ3v) is 10.7. The minimum atomic E-state index is -0.0782. The summed E-state index contributed by atoms with van der Waals surface area (Å²) < 4.78 is 11.5. The highest BCUT2D eigenvalue weighted by Gasteiger charge is 2.35. The molecule has 1 fully saturated rings. The van der Waals surface area contributed by atoms with Crippen LogP contribution in [-0.4, -0.2) is 60.9 Å². The third kappa shape index (κ3) is 29.2. The first-order chi connectivity index (χ1) is 24.0. The maximum absolute atomic E-state index is 12.7. The molecular weight excluding hydrogens is 610 g/mol. The van der Waals surface area contributed by atoms with Crippen LogP contribution in [0.3, 0.4) is 0 Å². The molecular formula is C43H83NO5. The van der Waals surface area contributed by atoms with Gasteiger partial charge in [0.15, 0.2) is 0 Å². The van der Waals surface area contributed by atoms with Crippen LogP contribution in [0.1, 0.15) is 213 Å². The lowest BCUT2D eigenvalue weighted by molar-refractivity contribution is -0.150. The zero-order valence-corrected chi connectivity index (χ0v) is 33.0. The zero-order chi connectivity index (χ0) is 35.6. The van der Waals surface area contributed by atoms with Crippen LogP contribution >= 0.6 is 0 Å². The normalized spacial score (nSPS) is 15.7. The number of unbranched alkanes of at least 4 members (excludes halogenated alkanes) is 17. The largest absolute Gasteiger partial charge is 0.466 e. The lowest BCUT2D eigenvalue weighted by Gasteiger charge is -2.21. The highest BCUT2D eigenvalue weighted by molar-refractivity contribution is 5.69. The molecule has 6 nitrogen and oxygen atoms in total. The molecule has 2 unspecified atom stereocenters. The Morgan fingerprint density at radius 2 is 1.06 bits per heavy atom. The lowest BCUT2D eigenvalue weighted by atomic mass is 10.0. The highest BCUT2D eigenvalue weighted by Crippen LogP contribution is 2.45. The smallest absolute Gasteiger partial charge is 0.306 e. The Morgan fingerprint density at radius 3 is 1.67 bits per heavy atom. The van der Waals surface area contributed by atoms with Gasteiger partial charge in [-0.3, -0.25) is 9.59 Å². The minimum Gasteiger partial charge on any atom is -0.466 e. The van der Waals surface area contributed by atoms with Gasteiger partial charge in [0, 0.05) is 19.4 Å². The van der Waals surface area contributed by atoms with E-state index in [1.807, 2.05) is 0 Å². The van der Waals surface area contributed by atoms with Crippen molar-refractivity contribution in [3.05, 3.63) is 0 Å². The molecule has 0 radical (unpaired) electrons. The van der Waals surface area contributed by atoms with E-state index in [4.69, 9.17) is 9.47 Å². The van der Waals surface area contributed by atoms with Gasteiger partial charge in [-0.05, 0) is 89.1 Å². The monoisotopic (exact) mass is 694 g/mol. The van der Waals surface area contributed by atoms with Crippen molar-refractivity contribution < 1.29 is 24.2 Å². The number of ether oxygens (including phenoxy) is 2. The summed E-state index contributed by atoms with van der Waals surface area (Å²) in [5.41, 5.74) is 0. The van der Waals surface area contributed by atoms with Crippen molar-refractivity contribution in [1.29, 1.82) is 0 Å². The second kappa shape index (κ2) is 34.0. The lowest BCUT2D eigenvalue weighted by Crippen LogP contribution is -2.29. The van der Waals surface area contributed by atoms with E-state index in [0.717, 1.165) is 82.7 Å². The molecule has 0 heterocycles. The maximum Gasteiger partial charge on any atom is 0.306 e. The summed E-state index contributed by atoms with van der Waals surface area (Å²) in [6.07, 6.45) is 35.0. The van der Waals surface area contributed by atoms with E-state index in [9.17, 15) is 14.7 Å². The molecule has 0 aromatic heterocycles. The van der Waals surface area contributed by atoms with Crippen molar-refractivity contribution in [2.75, 3.05) is 32.8 Å². The van der Waals surface area contributed by atoms with E-state index in [1.165, 1.54) is 122 Å².